The highest BCUT2D eigenvalue weighted by Crippen LogP contribution is 2.25. The third kappa shape index (κ3) is 2.05. The standard InChI is InChI=1S/C13H14FN3O2/c1-7-5-4-6-9(14)11(7)17-8(2)16-10(12(17)15)13(18)19-3/h4-6H,15H2,1-3H3. The first-order valence-corrected chi connectivity index (χ1v) is 5.66. The van der Waals surface area contributed by atoms with Gasteiger partial charge < -0.3 is 10.5 Å². The molecule has 0 saturated carbocycles. The summed E-state index contributed by atoms with van der Waals surface area (Å²) in [4.78, 5) is 15.6. The zero-order chi connectivity index (χ0) is 14.2. The lowest BCUT2D eigenvalue weighted by Crippen LogP contribution is -2.09. The van der Waals surface area contributed by atoms with Crippen molar-refractivity contribution < 1.29 is 13.9 Å². The molecule has 1 aromatic carbocycles. The van der Waals surface area contributed by atoms with Crippen LogP contribution in [0.5, 0.6) is 0 Å². The van der Waals surface area contributed by atoms with Gasteiger partial charge in [0, 0.05) is 0 Å². The summed E-state index contributed by atoms with van der Waals surface area (Å²) in [6.45, 7) is 3.41. The van der Waals surface area contributed by atoms with Crippen LogP contribution in [0.15, 0.2) is 18.2 Å². The molecular formula is C13H14FN3O2. The fourth-order valence-corrected chi connectivity index (χ4v) is 1.98. The molecule has 0 aliphatic rings. The molecule has 0 aliphatic carbocycles. The van der Waals surface area contributed by atoms with Crippen LogP contribution >= 0.6 is 0 Å². The highest BCUT2D eigenvalue weighted by Gasteiger charge is 2.22. The van der Waals surface area contributed by atoms with Crippen LogP contribution in [-0.2, 0) is 4.74 Å². The van der Waals surface area contributed by atoms with Crippen molar-refractivity contribution in [3.8, 4) is 5.69 Å². The minimum absolute atomic E-state index is 0.0114. The summed E-state index contributed by atoms with van der Waals surface area (Å²) in [5.41, 5.74) is 6.86. The number of ether oxygens (including phenoxy) is 1. The zero-order valence-corrected chi connectivity index (χ0v) is 10.9. The molecule has 0 spiro atoms. The summed E-state index contributed by atoms with van der Waals surface area (Å²) in [6, 6.07) is 4.70. The molecule has 0 saturated heterocycles. The molecule has 0 unspecified atom stereocenters. The van der Waals surface area contributed by atoms with Gasteiger partial charge in [-0.05, 0) is 25.5 Å². The SMILES string of the molecule is COC(=O)c1nc(C)n(-c2c(C)cccc2F)c1N. The molecular weight excluding hydrogens is 249 g/mol. The molecule has 2 rings (SSSR count). The maximum atomic E-state index is 14.0. The Hall–Kier alpha value is -2.37. The third-order valence-electron chi connectivity index (χ3n) is 2.87. The highest BCUT2D eigenvalue weighted by molar-refractivity contribution is 5.92. The number of esters is 1. The molecule has 0 aliphatic heterocycles. The first-order valence-electron chi connectivity index (χ1n) is 5.66. The maximum absolute atomic E-state index is 14.0. The Morgan fingerprint density at radius 3 is 2.68 bits per heavy atom. The number of imidazole rings is 1. The number of methoxy groups -OCH3 is 1. The lowest BCUT2D eigenvalue weighted by atomic mass is 10.2. The van der Waals surface area contributed by atoms with Crippen LogP contribution in [0.25, 0.3) is 5.69 Å². The first-order chi connectivity index (χ1) is 8.97. The molecule has 0 radical (unpaired) electrons. The number of benzene rings is 1. The van der Waals surface area contributed by atoms with Crippen molar-refractivity contribution in [3.63, 3.8) is 0 Å². The van der Waals surface area contributed by atoms with Gasteiger partial charge in [0.05, 0.1) is 12.8 Å². The number of carbonyl (C=O) groups excluding carboxylic acids is 1. The van der Waals surface area contributed by atoms with E-state index in [0.717, 1.165) is 0 Å². The molecule has 0 fully saturated rings. The van der Waals surface area contributed by atoms with E-state index >= 15 is 0 Å². The number of para-hydroxylation sites is 1. The predicted octanol–water partition coefficient (Wildman–Crippen LogP) is 2.00. The van der Waals surface area contributed by atoms with E-state index in [0.29, 0.717) is 17.1 Å². The molecule has 6 heteroatoms. The number of nitrogens with two attached hydrogens (primary N) is 1. The molecule has 1 heterocycles. The number of anilines is 1. The quantitative estimate of drug-likeness (QED) is 0.841. The van der Waals surface area contributed by atoms with E-state index < -0.39 is 11.8 Å². The fraction of sp³-hybridized carbons (Fsp3) is 0.231. The van der Waals surface area contributed by atoms with E-state index in [9.17, 15) is 9.18 Å². The van der Waals surface area contributed by atoms with Crippen LogP contribution in [0.4, 0.5) is 10.2 Å². The van der Waals surface area contributed by atoms with E-state index in [2.05, 4.69) is 9.72 Å². The Balaban J connectivity index is 2.70. The van der Waals surface area contributed by atoms with Crippen molar-refractivity contribution in [1.82, 2.24) is 9.55 Å². The van der Waals surface area contributed by atoms with E-state index in [1.54, 1.807) is 26.0 Å². The van der Waals surface area contributed by atoms with Gasteiger partial charge in [0.25, 0.3) is 0 Å². The van der Waals surface area contributed by atoms with E-state index in [1.165, 1.54) is 17.7 Å². The molecule has 2 N–H and O–H groups in total. The van der Waals surface area contributed by atoms with Gasteiger partial charge in [-0.1, -0.05) is 12.1 Å². The van der Waals surface area contributed by atoms with Crippen LogP contribution < -0.4 is 5.73 Å². The minimum Gasteiger partial charge on any atom is -0.464 e. The van der Waals surface area contributed by atoms with Gasteiger partial charge in [0.1, 0.15) is 17.5 Å². The largest absolute Gasteiger partial charge is 0.464 e. The summed E-state index contributed by atoms with van der Waals surface area (Å²) in [5.74, 6) is -0.583. The smallest absolute Gasteiger partial charge is 0.360 e. The van der Waals surface area contributed by atoms with Crippen molar-refractivity contribution in [3.05, 3.63) is 41.1 Å². The summed E-state index contributed by atoms with van der Waals surface area (Å²) < 4.78 is 20.0. The van der Waals surface area contributed by atoms with Crippen LogP contribution in [0.1, 0.15) is 21.9 Å². The van der Waals surface area contributed by atoms with Crippen molar-refractivity contribution in [1.29, 1.82) is 0 Å². The lowest BCUT2D eigenvalue weighted by molar-refractivity contribution is 0.0596. The predicted molar refractivity (Wildman–Crippen MR) is 68.7 cm³/mol. The first kappa shape index (κ1) is 13.1. The molecule has 5 nitrogen and oxygen atoms in total. The van der Waals surface area contributed by atoms with Gasteiger partial charge in [-0.15, -0.1) is 0 Å². The molecule has 1 aromatic heterocycles. The number of rotatable bonds is 2. The maximum Gasteiger partial charge on any atom is 0.360 e. The highest BCUT2D eigenvalue weighted by atomic mass is 19.1. The Morgan fingerprint density at radius 1 is 1.42 bits per heavy atom. The molecule has 0 atom stereocenters. The van der Waals surface area contributed by atoms with Gasteiger partial charge in [0.2, 0.25) is 0 Å². The minimum atomic E-state index is -0.645. The average molecular weight is 263 g/mol. The van der Waals surface area contributed by atoms with Crippen LogP contribution in [0.2, 0.25) is 0 Å². The van der Waals surface area contributed by atoms with Crippen molar-refractivity contribution in [2.75, 3.05) is 12.8 Å². The molecule has 0 amide bonds. The molecule has 2 aromatic rings. The Morgan fingerprint density at radius 2 is 2.11 bits per heavy atom. The lowest BCUT2D eigenvalue weighted by Gasteiger charge is -2.11. The Kier molecular flexibility index (Phi) is 3.25. The van der Waals surface area contributed by atoms with Gasteiger partial charge in [-0.3, -0.25) is 4.57 Å². The number of nitrogen functional groups attached to an aromatic ring is 1. The Labute approximate surface area is 109 Å². The van der Waals surface area contributed by atoms with Crippen LogP contribution in [-0.4, -0.2) is 22.6 Å². The summed E-state index contributed by atoms with van der Waals surface area (Å²) in [6.07, 6.45) is 0. The zero-order valence-electron chi connectivity index (χ0n) is 10.9. The monoisotopic (exact) mass is 263 g/mol. The van der Waals surface area contributed by atoms with Crippen molar-refractivity contribution in [2.24, 2.45) is 0 Å². The third-order valence-corrected chi connectivity index (χ3v) is 2.87. The fourth-order valence-electron chi connectivity index (χ4n) is 1.98. The second-order valence-electron chi connectivity index (χ2n) is 4.13. The molecule has 100 valence electrons. The molecule has 0 bridgehead atoms. The number of hydrogen-bond donors (Lipinski definition) is 1. The second kappa shape index (κ2) is 4.72. The number of hydrogen-bond acceptors (Lipinski definition) is 4. The number of nitrogens with zero attached hydrogens (tertiary/aromatic N) is 2. The Bertz CT molecular complexity index is 629. The summed E-state index contributed by atoms with van der Waals surface area (Å²) in [7, 11) is 1.24. The number of halogens is 1. The van der Waals surface area contributed by atoms with Crippen molar-refractivity contribution in [2.45, 2.75) is 13.8 Å². The van der Waals surface area contributed by atoms with Gasteiger partial charge in [-0.25, -0.2) is 14.2 Å². The van der Waals surface area contributed by atoms with Crippen LogP contribution in [0, 0.1) is 19.7 Å². The van der Waals surface area contributed by atoms with Crippen LogP contribution in [0.3, 0.4) is 0 Å². The number of aryl methyl sites for hydroxylation is 2. The number of aromatic nitrogens is 2. The summed E-state index contributed by atoms with van der Waals surface area (Å²) >= 11 is 0. The van der Waals surface area contributed by atoms with Gasteiger partial charge in [-0.2, -0.15) is 0 Å². The normalized spacial score (nSPS) is 10.5. The second-order valence-corrected chi connectivity index (χ2v) is 4.13. The van der Waals surface area contributed by atoms with E-state index in [-0.39, 0.29) is 11.5 Å². The van der Waals surface area contributed by atoms with Gasteiger partial charge >= 0.3 is 5.97 Å². The number of carbonyl (C=O) groups is 1. The molecule has 19 heavy (non-hydrogen) atoms. The van der Waals surface area contributed by atoms with Gasteiger partial charge in [0.15, 0.2) is 5.69 Å². The average Bonchev–Trinajstić information content (AvgIpc) is 2.65. The summed E-state index contributed by atoms with van der Waals surface area (Å²) in [5, 5.41) is 0. The van der Waals surface area contributed by atoms with Crippen molar-refractivity contribution >= 4 is 11.8 Å². The van der Waals surface area contributed by atoms with E-state index in [4.69, 9.17) is 5.73 Å². The van der Waals surface area contributed by atoms with E-state index in [1.807, 2.05) is 0 Å². The topological polar surface area (TPSA) is 70.1 Å².